The van der Waals surface area contributed by atoms with E-state index in [1.165, 1.54) is 21.8 Å². The first-order chi connectivity index (χ1) is 16.4. The third-order valence-corrected chi connectivity index (χ3v) is 5.53. The number of carbonyl (C=O) groups is 2. The molecule has 0 atom stereocenters. The molecule has 0 spiro atoms. The molecule has 0 saturated carbocycles. The number of carbonyl (C=O) groups excluding carboxylic acids is 2. The van der Waals surface area contributed by atoms with E-state index in [0.717, 1.165) is 5.69 Å². The van der Waals surface area contributed by atoms with Gasteiger partial charge >= 0.3 is 0 Å². The first-order valence-electron chi connectivity index (χ1n) is 10.4. The largest absolute Gasteiger partial charge is 0.470 e. The topological polar surface area (TPSA) is 121 Å². The van der Waals surface area contributed by atoms with Crippen molar-refractivity contribution in [1.82, 2.24) is 29.3 Å². The minimum absolute atomic E-state index is 0.0265. The van der Waals surface area contributed by atoms with E-state index in [4.69, 9.17) is 16.3 Å². The second-order valence-corrected chi connectivity index (χ2v) is 7.73. The van der Waals surface area contributed by atoms with Gasteiger partial charge in [0.05, 0.1) is 34.5 Å². The van der Waals surface area contributed by atoms with E-state index in [9.17, 15) is 9.59 Å². The molecule has 0 radical (unpaired) electrons. The number of nitrogens with one attached hydrogen (secondary N) is 2. The number of nitrogens with zero attached hydrogens (tertiary/aromatic N) is 6. The number of aryl methyl sites for hydroxylation is 2. The molecular weight excluding hydrogens is 460 g/mol. The van der Waals surface area contributed by atoms with Gasteiger partial charge in [0.15, 0.2) is 6.73 Å². The molecule has 34 heavy (non-hydrogen) atoms. The summed E-state index contributed by atoms with van der Waals surface area (Å²) in [6.45, 7) is 4.11. The SMILES string of the molecule is CCn1ncc(NC(=O)c2ccnn2COc2ccccc2Cl)c1C(=O)Nc1cnn(C)c1C. The van der Waals surface area contributed by atoms with Crippen LogP contribution in [0.3, 0.4) is 0 Å². The summed E-state index contributed by atoms with van der Waals surface area (Å²) in [5.41, 5.74) is 2.10. The Balaban J connectivity index is 1.51. The van der Waals surface area contributed by atoms with Crippen LogP contribution in [0.15, 0.2) is 48.9 Å². The predicted octanol–water partition coefficient (Wildman–Crippen LogP) is 3.34. The maximum atomic E-state index is 13.1. The normalized spacial score (nSPS) is 10.8. The molecule has 0 aliphatic rings. The number of rotatable bonds is 8. The summed E-state index contributed by atoms with van der Waals surface area (Å²) in [4.78, 5) is 26.1. The molecule has 0 fully saturated rings. The van der Waals surface area contributed by atoms with Crippen LogP contribution in [0.4, 0.5) is 11.4 Å². The van der Waals surface area contributed by atoms with Crippen LogP contribution in [-0.4, -0.2) is 41.2 Å². The van der Waals surface area contributed by atoms with E-state index in [2.05, 4.69) is 25.9 Å². The standard InChI is InChI=1S/C22H23ClN8O3/c1-4-30-20(22(33)27-16-11-25-29(3)14(16)2)17(12-26-30)28-21(32)18-9-10-24-31(18)13-34-19-8-6-5-7-15(19)23/h5-12H,4,13H2,1-3H3,(H,27,33)(H,28,32). The fourth-order valence-electron chi connectivity index (χ4n) is 3.27. The highest BCUT2D eigenvalue weighted by Crippen LogP contribution is 2.24. The lowest BCUT2D eigenvalue weighted by Gasteiger charge is -2.12. The first-order valence-corrected chi connectivity index (χ1v) is 10.8. The molecule has 4 aromatic rings. The molecular formula is C22H23ClN8O3. The van der Waals surface area contributed by atoms with Crippen molar-refractivity contribution in [3.8, 4) is 5.75 Å². The molecule has 11 nitrogen and oxygen atoms in total. The van der Waals surface area contributed by atoms with Gasteiger partial charge in [0.1, 0.15) is 17.1 Å². The van der Waals surface area contributed by atoms with Crippen molar-refractivity contribution in [3.63, 3.8) is 0 Å². The van der Waals surface area contributed by atoms with Gasteiger partial charge in [-0.15, -0.1) is 0 Å². The van der Waals surface area contributed by atoms with Gasteiger partial charge in [-0.3, -0.25) is 19.0 Å². The third-order valence-electron chi connectivity index (χ3n) is 5.21. The van der Waals surface area contributed by atoms with Crippen LogP contribution in [0, 0.1) is 6.92 Å². The molecule has 0 aliphatic carbocycles. The molecule has 0 unspecified atom stereocenters. The highest BCUT2D eigenvalue weighted by atomic mass is 35.5. The fourth-order valence-corrected chi connectivity index (χ4v) is 3.46. The Labute approximate surface area is 200 Å². The zero-order valence-corrected chi connectivity index (χ0v) is 19.6. The Kier molecular flexibility index (Phi) is 6.64. The van der Waals surface area contributed by atoms with Crippen molar-refractivity contribution in [2.75, 3.05) is 10.6 Å². The summed E-state index contributed by atoms with van der Waals surface area (Å²) >= 11 is 6.12. The molecule has 3 heterocycles. The van der Waals surface area contributed by atoms with Crippen molar-refractivity contribution in [1.29, 1.82) is 0 Å². The Hall–Kier alpha value is -4.12. The Morgan fingerprint density at radius 2 is 1.74 bits per heavy atom. The van der Waals surface area contributed by atoms with E-state index < -0.39 is 11.8 Å². The Morgan fingerprint density at radius 3 is 2.44 bits per heavy atom. The van der Waals surface area contributed by atoms with Crippen LogP contribution in [0.1, 0.15) is 33.6 Å². The molecule has 3 aromatic heterocycles. The monoisotopic (exact) mass is 482 g/mol. The van der Waals surface area contributed by atoms with Crippen LogP contribution >= 0.6 is 11.6 Å². The quantitative estimate of drug-likeness (QED) is 0.397. The van der Waals surface area contributed by atoms with Crippen molar-refractivity contribution in [2.24, 2.45) is 7.05 Å². The molecule has 2 N–H and O–H groups in total. The van der Waals surface area contributed by atoms with E-state index in [0.29, 0.717) is 23.0 Å². The van der Waals surface area contributed by atoms with Crippen molar-refractivity contribution < 1.29 is 14.3 Å². The van der Waals surface area contributed by atoms with Crippen LogP contribution in [0.25, 0.3) is 0 Å². The number of hydrogen-bond acceptors (Lipinski definition) is 6. The van der Waals surface area contributed by atoms with Crippen molar-refractivity contribution in [3.05, 3.63) is 71.0 Å². The maximum absolute atomic E-state index is 13.1. The second kappa shape index (κ2) is 9.79. The molecule has 4 rings (SSSR count). The lowest BCUT2D eigenvalue weighted by atomic mass is 10.3. The van der Waals surface area contributed by atoms with Gasteiger partial charge in [-0.25, -0.2) is 4.68 Å². The van der Waals surface area contributed by atoms with E-state index >= 15 is 0 Å². The average molecular weight is 483 g/mol. The Bertz CT molecular complexity index is 1340. The highest BCUT2D eigenvalue weighted by Gasteiger charge is 2.23. The summed E-state index contributed by atoms with van der Waals surface area (Å²) in [5.74, 6) is -0.413. The smallest absolute Gasteiger partial charge is 0.276 e. The summed E-state index contributed by atoms with van der Waals surface area (Å²) in [7, 11) is 1.78. The van der Waals surface area contributed by atoms with Crippen LogP contribution < -0.4 is 15.4 Å². The molecule has 0 saturated heterocycles. The van der Waals surface area contributed by atoms with Crippen molar-refractivity contribution >= 4 is 34.8 Å². The number of para-hydroxylation sites is 1. The zero-order valence-electron chi connectivity index (χ0n) is 18.8. The number of anilines is 2. The third kappa shape index (κ3) is 4.64. The number of ether oxygens (including phenoxy) is 1. The molecule has 0 aliphatic heterocycles. The summed E-state index contributed by atoms with van der Waals surface area (Å²) < 4.78 is 10.2. The zero-order chi connectivity index (χ0) is 24.2. The van der Waals surface area contributed by atoms with E-state index in [-0.39, 0.29) is 23.8 Å². The average Bonchev–Trinajstić information content (AvgIpc) is 3.54. The minimum atomic E-state index is -0.470. The van der Waals surface area contributed by atoms with E-state index in [1.54, 1.807) is 48.3 Å². The summed E-state index contributed by atoms with van der Waals surface area (Å²) in [5, 5.41) is 18.5. The number of halogens is 1. The molecule has 176 valence electrons. The number of benzene rings is 1. The lowest BCUT2D eigenvalue weighted by molar-refractivity contribution is 0.100. The minimum Gasteiger partial charge on any atom is -0.470 e. The van der Waals surface area contributed by atoms with Crippen LogP contribution in [-0.2, 0) is 20.3 Å². The van der Waals surface area contributed by atoms with Gasteiger partial charge in [0.25, 0.3) is 11.8 Å². The summed E-state index contributed by atoms with van der Waals surface area (Å²) in [6.07, 6.45) is 4.49. The van der Waals surface area contributed by atoms with Gasteiger partial charge in [0, 0.05) is 19.8 Å². The molecule has 0 bridgehead atoms. The van der Waals surface area contributed by atoms with Gasteiger partial charge in [-0.05, 0) is 32.0 Å². The highest BCUT2D eigenvalue weighted by molar-refractivity contribution is 6.32. The van der Waals surface area contributed by atoms with Gasteiger partial charge in [-0.2, -0.15) is 15.3 Å². The fraction of sp³-hybridized carbons (Fsp3) is 0.227. The van der Waals surface area contributed by atoms with Crippen LogP contribution in [0.5, 0.6) is 5.75 Å². The summed E-state index contributed by atoms with van der Waals surface area (Å²) in [6, 6.07) is 8.57. The molecule has 1 aromatic carbocycles. The lowest BCUT2D eigenvalue weighted by Crippen LogP contribution is -2.23. The number of amides is 2. The number of aromatic nitrogens is 6. The second-order valence-electron chi connectivity index (χ2n) is 7.32. The van der Waals surface area contributed by atoms with Crippen LogP contribution in [0.2, 0.25) is 5.02 Å². The first kappa shape index (κ1) is 23.1. The molecule has 2 amide bonds. The van der Waals surface area contributed by atoms with Crippen molar-refractivity contribution in [2.45, 2.75) is 27.1 Å². The predicted molar refractivity (Wildman–Crippen MR) is 126 cm³/mol. The Morgan fingerprint density at radius 1 is 1.00 bits per heavy atom. The van der Waals surface area contributed by atoms with Gasteiger partial charge in [0.2, 0.25) is 0 Å². The van der Waals surface area contributed by atoms with Gasteiger partial charge in [-0.1, -0.05) is 23.7 Å². The van der Waals surface area contributed by atoms with E-state index in [1.807, 2.05) is 13.8 Å². The van der Waals surface area contributed by atoms with Gasteiger partial charge < -0.3 is 15.4 Å². The number of hydrogen-bond donors (Lipinski definition) is 2. The maximum Gasteiger partial charge on any atom is 0.276 e. The molecule has 12 heteroatoms.